The molecule has 1 amide bonds. The Hall–Kier alpha value is -1.77. The first-order valence-electron chi connectivity index (χ1n) is 6.79. The van der Waals surface area contributed by atoms with E-state index in [0.717, 1.165) is 37.1 Å². The van der Waals surface area contributed by atoms with Crippen LogP contribution >= 0.6 is 0 Å². The topological polar surface area (TPSA) is 38.3 Å². The van der Waals surface area contributed by atoms with E-state index >= 15 is 0 Å². The van der Waals surface area contributed by atoms with E-state index in [1.54, 1.807) is 6.08 Å². The molecule has 0 atom stereocenters. The number of carbonyl (C=O) groups is 1. The predicted octanol–water partition coefficient (Wildman–Crippen LogP) is 3.77. The zero-order valence-corrected chi connectivity index (χ0v) is 11.4. The second-order valence-corrected chi connectivity index (χ2v) is 5.35. The monoisotopic (exact) mass is 259 g/mol. The molecule has 102 valence electrons. The highest BCUT2D eigenvalue weighted by atomic mass is 16.5. The van der Waals surface area contributed by atoms with E-state index in [1.807, 2.05) is 24.3 Å². The fourth-order valence-electron chi connectivity index (χ4n) is 2.45. The lowest BCUT2D eigenvalue weighted by atomic mass is 9.88. The lowest BCUT2D eigenvalue weighted by Gasteiger charge is -2.22. The Labute approximate surface area is 114 Å². The molecule has 3 nitrogen and oxygen atoms in total. The molecule has 1 aromatic carbocycles. The number of nitrogens with one attached hydrogen (secondary N) is 1. The highest BCUT2D eigenvalue weighted by Gasteiger charge is 2.36. The van der Waals surface area contributed by atoms with E-state index in [0.29, 0.717) is 6.61 Å². The maximum absolute atomic E-state index is 12.2. The lowest BCUT2D eigenvalue weighted by molar-refractivity contribution is -0.124. The van der Waals surface area contributed by atoms with Crippen molar-refractivity contribution in [1.29, 1.82) is 0 Å². The van der Waals surface area contributed by atoms with Crippen LogP contribution in [-0.2, 0) is 4.79 Å². The first kappa shape index (κ1) is 13.7. The maximum atomic E-state index is 12.2. The molecule has 19 heavy (non-hydrogen) atoms. The van der Waals surface area contributed by atoms with Gasteiger partial charge in [-0.2, -0.15) is 0 Å². The fraction of sp³-hybridized carbons (Fsp3) is 0.438. The van der Waals surface area contributed by atoms with Gasteiger partial charge in [-0.25, -0.2) is 0 Å². The third kappa shape index (κ3) is 3.37. The summed E-state index contributed by atoms with van der Waals surface area (Å²) in [5.74, 6) is 0.912. The van der Waals surface area contributed by atoms with Gasteiger partial charge >= 0.3 is 0 Å². The molecule has 2 rings (SSSR count). The van der Waals surface area contributed by atoms with Crippen LogP contribution < -0.4 is 10.1 Å². The Morgan fingerprint density at radius 3 is 2.58 bits per heavy atom. The summed E-state index contributed by atoms with van der Waals surface area (Å²) in [6.45, 7) is 6.14. The largest absolute Gasteiger partial charge is 0.490 e. The summed E-state index contributed by atoms with van der Waals surface area (Å²) in [6, 6.07) is 7.45. The highest BCUT2D eigenvalue weighted by molar-refractivity contribution is 5.95. The van der Waals surface area contributed by atoms with E-state index in [2.05, 4.69) is 18.8 Å². The second-order valence-electron chi connectivity index (χ2n) is 5.35. The third-order valence-electron chi connectivity index (χ3n) is 3.74. The predicted molar refractivity (Wildman–Crippen MR) is 77.3 cm³/mol. The van der Waals surface area contributed by atoms with Crippen LogP contribution in [-0.4, -0.2) is 12.5 Å². The van der Waals surface area contributed by atoms with Crippen LogP contribution in [0, 0.1) is 5.41 Å². The number of ether oxygens (including phenoxy) is 1. The Bertz CT molecular complexity index is 444. The molecule has 1 fully saturated rings. The smallest absolute Gasteiger partial charge is 0.230 e. The van der Waals surface area contributed by atoms with E-state index in [4.69, 9.17) is 4.74 Å². The van der Waals surface area contributed by atoms with Gasteiger partial charge in [0.2, 0.25) is 5.91 Å². The minimum Gasteiger partial charge on any atom is -0.490 e. The molecule has 0 radical (unpaired) electrons. The van der Waals surface area contributed by atoms with Gasteiger partial charge in [0.15, 0.2) is 0 Å². The molecular weight excluding hydrogens is 238 g/mol. The van der Waals surface area contributed by atoms with Gasteiger partial charge in [0, 0.05) is 11.1 Å². The van der Waals surface area contributed by atoms with Gasteiger partial charge in [-0.05, 0) is 37.1 Å². The van der Waals surface area contributed by atoms with Gasteiger partial charge in [-0.1, -0.05) is 32.4 Å². The van der Waals surface area contributed by atoms with Crippen LogP contribution in [0.3, 0.4) is 0 Å². The van der Waals surface area contributed by atoms with Crippen molar-refractivity contribution in [3.05, 3.63) is 36.9 Å². The highest BCUT2D eigenvalue weighted by Crippen LogP contribution is 2.38. The number of carbonyl (C=O) groups excluding carboxylic acids is 1. The molecule has 0 saturated heterocycles. The van der Waals surface area contributed by atoms with Crippen LogP contribution in [0.25, 0.3) is 0 Å². The van der Waals surface area contributed by atoms with Crippen molar-refractivity contribution < 1.29 is 9.53 Å². The van der Waals surface area contributed by atoms with Crippen molar-refractivity contribution >= 4 is 11.6 Å². The summed E-state index contributed by atoms with van der Waals surface area (Å²) < 4.78 is 5.40. The second kappa shape index (κ2) is 5.91. The molecule has 0 spiro atoms. The van der Waals surface area contributed by atoms with Crippen molar-refractivity contribution in [1.82, 2.24) is 0 Å². The van der Waals surface area contributed by atoms with Crippen molar-refractivity contribution in [2.75, 3.05) is 11.9 Å². The lowest BCUT2D eigenvalue weighted by Crippen LogP contribution is -2.30. The summed E-state index contributed by atoms with van der Waals surface area (Å²) in [5, 5.41) is 2.99. The molecule has 0 aromatic heterocycles. The molecule has 1 aromatic rings. The van der Waals surface area contributed by atoms with E-state index in [1.165, 1.54) is 0 Å². The summed E-state index contributed by atoms with van der Waals surface area (Å²) in [4.78, 5) is 12.2. The standard InChI is InChI=1S/C16H21NO2/c1-3-12-19-14-8-6-13(7-9-14)17-15(18)16(2)10-4-5-11-16/h3,6-9H,1,4-5,10-12H2,2H3,(H,17,18). The molecular formula is C16H21NO2. The number of anilines is 1. The third-order valence-corrected chi connectivity index (χ3v) is 3.74. The van der Waals surface area contributed by atoms with Crippen molar-refractivity contribution in [3.63, 3.8) is 0 Å². The van der Waals surface area contributed by atoms with Crippen molar-refractivity contribution in [2.24, 2.45) is 5.41 Å². The van der Waals surface area contributed by atoms with Crippen LogP contribution in [0.15, 0.2) is 36.9 Å². The van der Waals surface area contributed by atoms with Crippen LogP contribution in [0.4, 0.5) is 5.69 Å². The number of rotatable bonds is 5. The van der Waals surface area contributed by atoms with Crippen LogP contribution in [0.1, 0.15) is 32.6 Å². The zero-order valence-electron chi connectivity index (χ0n) is 11.4. The number of amides is 1. The summed E-state index contributed by atoms with van der Waals surface area (Å²) in [6.07, 6.45) is 5.98. The summed E-state index contributed by atoms with van der Waals surface area (Å²) >= 11 is 0. The van der Waals surface area contributed by atoms with Gasteiger partial charge in [0.1, 0.15) is 12.4 Å². The Morgan fingerprint density at radius 1 is 1.37 bits per heavy atom. The van der Waals surface area contributed by atoms with Crippen molar-refractivity contribution in [3.8, 4) is 5.75 Å². The van der Waals surface area contributed by atoms with Crippen LogP contribution in [0.5, 0.6) is 5.75 Å². The molecule has 1 saturated carbocycles. The molecule has 1 aliphatic carbocycles. The number of benzene rings is 1. The molecule has 1 aliphatic rings. The zero-order chi connectivity index (χ0) is 13.7. The van der Waals surface area contributed by atoms with Crippen molar-refractivity contribution in [2.45, 2.75) is 32.6 Å². The van der Waals surface area contributed by atoms with E-state index in [9.17, 15) is 4.79 Å². The molecule has 0 bridgehead atoms. The Kier molecular flexibility index (Phi) is 4.25. The van der Waals surface area contributed by atoms with Crippen LogP contribution in [0.2, 0.25) is 0 Å². The first-order chi connectivity index (χ1) is 9.14. The first-order valence-corrected chi connectivity index (χ1v) is 6.79. The van der Waals surface area contributed by atoms with Gasteiger partial charge in [-0.3, -0.25) is 4.79 Å². The minimum absolute atomic E-state index is 0.129. The minimum atomic E-state index is -0.196. The van der Waals surface area contributed by atoms with Gasteiger partial charge in [0.05, 0.1) is 0 Å². The SMILES string of the molecule is C=CCOc1ccc(NC(=O)C2(C)CCCC2)cc1. The average molecular weight is 259 g/mol. The maximum Gasteiger partial charge on any atom is 0.230 e. The van der Waals surface area contributed by atoms with Gasteiger partial charge in [0.25, 0.3) is 0 Å². The number of hydrogen-bond donors (Lipinski definition) is 1. The Morgan fingerprint density at radius 2 is 2.00 bits per heavy atom. The fourth-order valence-corrected chi connectivity index (χ4v) is 2.45. The molecule has 0 unspecified atom stereocenters. The number of hydrogen-bond acceptors (Lipinski definition) is 2. The quantitative estimate of drug-likeness (QED) is 0.817. The molecule has 0 heterocycles. The summed E-state index contributed by atoms with van der Waals surface area (Å²) in [7, 11) is 0. The summed E-state index contributed by atoms with van der Waals surface area (Å²) in [5.41, 5.74) is 0.627. The van der Waals surface area contributed by atoms with E-state index in [-0.39, 0.29) is 11.3 Å². The Balaban J connectivity index is 1.95. The van der Waals surface area contributed by atoms with Gasteiger partial charge in [-0.15, -0.1) is 0 Å². The normalized spacial score (nSPS) is 16.9. The molecule has 3 heteroatoms. The van der Waals surface area contributed by atoms with E-state index < -0.39 is 0 Å². The average Bonchev–Trinajstić information content (AvgIpc) is 2.86. The molecule has 0 aliphatic heterocycles. The van der Waals surface area contributed by atoms with Gasteiger partial charge < -0.3 is 10.1 Å². The molecule has 1 N–H and O–H groups in total.